The number of aliphatic hydroxyl groups excluding tert-OH is 2. The zero-order valence-electron chi connectivity index (χ0n) is 18.1. The van der Waals surface area contributed by atoms with Crippen LogP contribution in [0.3, 0.4) is 0 Å². The molecule has 4 nitrogen and oxygen atoms in total. The summed E-state index contributed by atoms with van der Waals surface area (Å²) in [5.41, 5.74) is 1.66. The van der Waals surface area contributed by atoms with E-state index in [1.54, 1.807) is 0 Å². The third-order valence-electron chi connectivity index (χ3n) is 4.47. The van der Waals surface area contributed by atoms with Gasteiger partial charge in [-0.15, -0.1) is 0 Å². The molecule has 0 radical (unpaired) electrons. The number of fused-ring (bicyclic) bond motifs is 2. The molecule has 0 saturated heterocycles. The Morgan fingerprint density at radius 3 is 1.27 bits per heavy atom. The highest BCUT2D eigenvalue weighted by Gasteiger charge is 2.18. The molecule has 2 N–H and O–H groups in total. The maximum Gasteiger partial charge on any atom is 0.186 e. The van der Waals surface area contributed by atoms with Crippen molar-refractivity contribution in [1.29, 1.82) is 0 Å². The van der Waals surface area contributed by atoms with E-state index in [9.17, 15) is 10.2 Å². The summed E-state index contributed by atoms with van der Waals surface area (Å²) >= 11 is 0. The van der Waals surface area contributed by atoms with Crippen molar-refractivity contribution >= 4 is 21.5 Å². The molecule has 0 amide bonds. The molecule has 0 aromatic heterocycles. The topological polar surface area (TPSA) is 58.9 Å². The molecular formula is C26H30O4. The summed E-state index contributed by atoms with van der Waals surface area (Å²) in [6.45, 7) is 7.15. The van der Waals surface area contributed by atoms with Crippen LogP contribution in [-0.2, 0) is 0 Å². The quantitative estimate of drug-likeness (QED) is 0.378. The van der Waals surface area contributed by atoms with Gasteiger partial charge in [-0.25, -0.2) is 0 Å². The fraction of sp³-hybridized carbons (Fsp3) is 0.231. The van der Waals surface area contributed by atoms with Crippen LogP contribution in [0.1, 0.15) is 27.7 Å². The summed E-state index contributed by atoms with van der Waals surface area (Å²) in [5, 5.41) is 22.8. The molecule has 0 aliphatic heterocycles. The Morgan fingerprint density at radius 2 is 0.900 bits per heavy atom. The number of hydrogen-bond acceptors (Lipinski definition) is 4. The van der Waals surface area contributed by atoms with E-state index in [0.717, 1.165) is 32.7 Å². The van der Waals surface area contributed by atoms with Crippen LogP contribution in [-0.4, -0.2) is 23.8 Å². The van der Waals surface area contributed by atoms with E-state index >= 15 is 0 Å². The molecule has 4 heteroatoms. The van der Waals surface area contributed by atoms with Crippen LogP contribution in [0.4, 0.5) is 0 Å². The van der Waals surface area contributed by atoms with Gasteiger partial charge in [0.25, 0.3) is 0 Å². The lowest BCUT2D eigenvalue weighted by Gasteiger charge is -2.18. The molecule has 0 saturated carbocycles. The van der Waals surface area contributed by atoms with Crippen molar-refractivity contribution in [1.82, 2.24) is 0 Å². The molecule has 0 heterocycles. The highest BCUT2D eigenvalue weighted by molar-refractivity contribution is 6.09. The van der Waals surface area contributed by atoms with Gasteiger partial charge < -0.3 is 19.7 Å². The van der Waals surface area contributed by atoms with Crippen molar-refractivity contribution in [2.24, 2.45) is 0 Å². The van der Waals surface area contributed by atoms with E-state index in [-0.39, 0.29) is 0 Å². The SMILES string of the molecule is CC.CC.OCOc1ccc2ccccc2c1-c1c(OCO)ccc2ccccc12. The first-order chi connectivity index (χ1) is 14.8. The van der Waals surface area contributed by atoms with Gasteiger partial charge in [-0.1, -0.05) is 88.4 Å². The Kier molecular flexibility index (Phi) is 9.13. The summed E-state index contributed by atoms with van der Waals surface area (Å²) < 4.78 is 11.0. The summed E-state index contributed by atoms with van der Waals surface area (Å²) in [7, 11) is 0. The van der Waals surface area contributed by atoms with Crippen molar-refractivity contribution in [2.45, 2.75) is 27.7 Å². The van der Waals surface area contributed by atoms with Crippen molar-refractivity contribution < 1.29 is 19.7 Å². The Hall–Kier alpha value is -3.08. The molecule has 0 spiro atoms. The zero-order valence-corrected chi connectivity index (χ0v) is 18.1. The van der Waals surface area contributed by atoms with E-state index in [1.165, 1.54) is 0 Å². The standard InChI is InChI=1S/C22H18O4.2C2H6/c23-13-25-19-11-9-15-5-1-3-7-17(15)21(19)22-18-8-4-2-6-16(18)10-12-20(22)26-14-24;2*1-2/h1-12,23-24H,13-14H2;2*1-2H3. The molecule has 0 bridgehead atoms. The molecule has 0 unspecified atom stereocenters. The van der Waals surface area contributed by atoms with Crippen LogP contribution >= 0.6 is 0 Å². The van der Waals surface area contributed by atoms with Gasteiger partial charge >= 0.3 is 0 Å². The minimum absolute atomic E-state index is 0.424. The van der Waals surface area contributed by atoms with E-state index in [1.807, 2.05) is 100 Å². The van der Waals surface area contributed by atoms with Gasteiger partial charge in [0.2, 0.25) is 0 Å². The van der Waals surface area contributed by atoms with Crippen molar-refractivity contribution in [3.05, 3.63) is 72.8 Å². The zero-order chi connectivity index (χ0) is 21.9. The third-order valence-corrected chi connectivity index (χ3v) is 4.47. The Morgan fingerprint density at radius 1 is 0.533 bits per heavy atom. The van der Waals surface area contributed by atoms with Gasteiger partial charge in [-0.2, -0.15) is 0 Å². The van der Waals surface area contributed by atoms with E-state index in [2.05, 4.69) is 0 Å². The van der Waals surface area contributed by atoms with Crippen molar-refractivity contribution in [3.8, 4) is 22.6 Å². The van der Waals surface area contributed by atoms with Crippen molar-refractivity contribution in [3.63, 3.8) is 0 Å². The molecular weight excluding hydrogens is 376 g/mol. The highest BCUT2D eigenvalue weighted by atomic mass is 16.6. The number of ether oxygens (including phenoxy) is 2. The van der Waals surface area contributed by atoms with Gasteiger partial charge in [0.15, 0.2) is 13.6 Å². The van der Waals surface area contributed by atoms with Gasteiger partial charge in [-0.05, 0) is 33.7 Å². The second kappa shape index (κ2) is 11.8. The smallest absolute Gasteiger partial charge is 0.186 e. The van der Waals surface area contributed by atoms with Crippen LogP contribution in [0.25, 0.3) is 32.7 Å². The molecule has 4 rings (SSSR count). The number of benzene rings is 4. The first-order valence-corrected chi connectivity index (χ1v) is 10.3. The second-order valence-electron chi connectivity index (χ2n) is 5.87. The lowest BCUT2D eigenvalue weighted by Crippen LogP contribution is -2.01. The van der Waals surface area contributed by atoms with Gasteiger partial charge in [-0.3, -0.25) is 0 Å². The van der Waals surface area contributed by atoms with Crippen molar-refractivity contribution in [2.75, 3.05) is 13.6 Å². The first-order valence-electron chi connectivity index (χ1n) is 10.3. The minimum atomic E-state index is -0.424. The highest BCUT2D eigenvalue weighted by Crippen LogP contribution is 2.45. The van der Waals surface area contributed by atoms with Crippen LogP contribution < -0.4 is 9.47 Å². The lowest BCUT2D eigenvalue weighted by atomic mass is 9.92. The van der Waals surface area contributed by atoms with Gasteiger partial charge in [0, 0.05) is 11.1 Å². The summed E-state index contributed by atoms with van der Waals surface area (Å²) in [6.07, 6.45) is 0. The summed E-state index contributed by atoms with van der Waals surface area (Å²) in [5.74, 6) is 1.12. The predicted molar refractivity (Wildman–Crippen MR) is 125 cm³/mol. The maximum atomic E-state index is 9.36. The largest absolute Gasteiger partial charge is 0.467 e. The predicted octanol–water partition coefficient (Wildman–Crippen LogP) is 6.37. The fourth-order valence-corrected chi connectivity index (χ4v) is 3.40. The summed E-state index contributed by atoms with van der Waals surface area (Å²) in [4.78, 5) is 0. The van der Waals surface area contributed by atoms with Crippen LogP contribution in [0, 0.1) is 0 Å². The number of rotatable bonds is 5. The van der Waals surface area contributed by atoms with E-state index in [0.29, 0.717) is 11.5 Å². The Labute approximate surface area is 178 Å². The molecule has 4 aromatic rings. The van der Waals surface area contributed by atoms with Gasteiger partial charge in [0.05, 0.1) is 0 Å². The van der Waals surface area contributed by atoms with Crippen LogP contribution in [0.15, 0.2) is 72.8 Å². The van der Waals surface area contributed by atoms with Gasteiger partial charge in [0.1, 0.15) is 11.5 Å². The molecule has 0 aliphatic rings. The maximum absolute atomic E-state index is 9.36. The average Bonchev–Trinajstić information content (AvgIpc) is 2.82. The fourth-order valence-electron chi connectivity index (χ4n) is 3.40. The Bertz CT molecular complexity index is 986. The molecule has 158 valence electrons. The first kappa shape index (κ1) is 23.2. The lowest BCUT2D eigenvalue weighted by molar-refractivity contribution is 0.0971. The van der Waals surface area contributed by atoms with E-state index < -0.39 is 13.6 Å². The minimum Gasteiger partial charge on any atom is -0.467 e. The number of hydrogen-bond donors (Lipinski definition) is 2. The number of aliphatic hydroxyl groups is 2. The second-order valence-corrected chi connectivity index (χ2v) is 5.87. The molecule has 0 aliphatic carbocycles. The third kappa shape index (κ3) is 4.73. The summed E-state index contributed by atoms with van der Waals surface area (Å²) in [6, 6.07) is 23.6. The van der Waals surface area contributed by atoms with Crippen LogP contribution in [0.5, 0.6) is 11.5 Å². The molecule has 30 heavy (non-hydrogen) atoms. The average molecular weight is 407 g/mol. The van der Waals surface area contributed by atoms with Crippen LogP contribution in [0.2, 0.25) is 0 Å². The normalized spacial score (nSPS) is 9.93. The van der Waals surface area contributed by atoms with E-state index in [4.69, 9.17) is 9.47 Å². The molecule has 0 atom stereocenters. The molecule has 0 fully saturated rings. The Balaban J connectivity index is 0.000000757. The molecule has 4 aromatic carbocycles. The monoisotopic (exact) mass is 406 g/mol.